The molecule has 0 spiro atoms. The smallest absolute Gasteiger partial charge is 0.351 e. The van der Waals surface area contributed by atoms with Crippen LogP contribution in [0.15, 0.2) is 17.1 Å². The van der Waals surface area contributed by atoms with E-state index in [9.17, 15) is 9.18 Å². The maximum absolute atomic E-state index is 13.6. The van der Waals surface area contributed by atoms with E-state index >= 15 is 0 Å². The zero-order valence-corrected chi connectivity index (χ0v) is 9.38. The minimum Gasteiger partial charge on any atom is -0.383 e. The molecule has 0 saturated carbocycles. The number of ether oxygens (including phenoxy) is 2. The topological polar surface area (TPSA) is 79.4 Å². The van der Waals surface area contributed by atoms with Gasteiger partial charge in [0.15, 0.2) is 0 Å². The van der Waals surface area contributed by atoms with Crippen LogP contribution in [0.4, 0.5) is 10.2 Å². The number of alkyl halides is 1. The number of hydrogen-bond acceptors (Lipinski definition) is 5. The first-order valence-corrected chi connectivity index (χ1v) is 5.25. The van der Waals surface area contributed by atoms with Crippen molar-refractivity contribution in [2.45, 2.75) is 24.9 Å². The monoisotopic (exact) mass is 243 g/mol. The van der Waals surface area contributed by atoms with Crippen molar-refractivity contribution in [2.24, 2.45) is 0 Å². The summed E-state index contributed by atoms with van der Waals surface area (Å²) in [4.78, 5) is 15.1. The Morgan fingerprint density at radius 2 is 2.53 bits per heavy atom. The van der Waals surface area contributed by atoms with Crippen LogP contribution in [0.25, 0.3) is 0 Å². The molecule has 1 aromatic rings. The Morgan fingerprint density at radius 1 is 1.76 bits per heavy atom. The van der Waals surface area contributed by atoms with Crippen LogP contribution < -0.4 is 11.4 Å². The molecule has 0 amide bonds. The van der Waals surface area contributed by atoms with Crippen LogP contribution in [0.2, 0.25) is 0 Å². The van der Waals surface area contributed by atoms with Gasteiger partial charge in [-0.2, -0.15) is 4.98 Å². The largest absolute Gasteiger partial charge is 0.383 e. The average molecular weight is 243 g/mol. The van der Waals surface area contributed by atoms with E-state index in [0.717, 1.165) is 0 Å². The molecule has 0 radical (unpaired) electrons. The van der Waals surface area contributed by atoms with Gasteiger partial charge in [-0.1, -0.05) is 0 Å². The predicted molar refractivity (Wildman–Crippen MR) is 58.2 cm³/mol. The second-order valence-corrected chi connectivity index (χ2v) is 3.88. The third kappa shape index (κ3) is 2.45. The second-order valence-electron chi connectivity index (χ2n) is 3.88. The maximum atomic E-state index is 13.6. The molecule has 0 unspecified atom stereocenters. The highest BCUT2D eigenvalue weighted by Crippen LogP contribution is 2.29. The van der Waals surface area contributed by atoms with Gasteiger partial charge in [0.05, 0.1) is 6.61 Å². The van der Waals surface area contributed by atoms with Gasteiger partial charge in [-0.05, 0) is 6.07 Å². The minimum atomic E-state index is -1.15. The third-order valence-electron chi connectivity index (χ3n) is 2.65. The molecule has 6 nitrogen and oxygen atoms in total. The molecule has 7 heteroatoms. The lowest BCUT2D eigenvalue weighted by Gasteiger charge is -2.14. The summed E-state index contributed by atoms with van der Waals surface area (Å²) in [7, 11) is 1.47. The summed E-state index contributed by atoms with van der Waals surface area (Å²) in [6.07, 6.45) is -0.874. The molecule has 0 aromatic carbocycles. The lowest BCUT2D eigenvalue weighted by atomic mass is 10.2. The summed E-state index contributed by atoms with van der Waals surface area (Å²) in [5.41, 5.74) is 4.83. The first-order valence-electron chi connectivity index (χ1n) is 5.25. The molecule has 2 rings (SSSR count). The van der Waals surface area contributed by atoms with Crippen molar-refractivity contribution in [3.05, 3.63) is 22.7 Å². The second kappa shape index (κ2) is 4.80. The van der Waals surface area contributed by atoms with Crippen molar-refractivity contribution in [3.8, 4) is 0 Å². The Kier molecular flexibility index (Phi) is 3.39. The highest BCUT2D eigenvalue weighted by molar-refractivity contribution is 5.23. The number of anilines is 1. The first kappa shape index (κ1) is 12.0. The Balaban J connectivity index is 2.17. The quantitative estimate of drug-likeness (QED) is 0.814. The SMILES string of the molecule is COC[C@H]1O[C@@H](n2ccc(N)nc2=O)C[C@@H]1F. The van der Waals surface area contributed by atoms with Crippen molar-refractivity contribution < 1.29 is 13.9 Å². The fraction of sp³-hybridized carbons (Fsp3) is 0.600. The first-order chi connectivity index (χ1) is 8.11. The summed E-state index contributed by atoms with van der Waals surface area (Å²) in [5, 5.41) is 0. The number of methoxy groups -OCH3 is 1. The maximum Gasteiger partial charge on any atom is 0.351 e. The van der Waals surface area contributed by atoms with E-state index in [0.29, 0.717) is 0 Å². The summed E-state index contributed by atoms with van der Waals surface area (Å²) in [6.45, 7) is 0.162. The number of rotatable bonds is 3. The van der Waals surface area contributed by atoms with Crippen LogP contribution in [0.3, 0.4) is 0 Å². The van der Waals surface area contributed by atoms with Crippen molar-refractivity contribution in [3.63, 3.8) is 0 Å². The fourth-order valence-electron chi connectivity index (χ4n) is 1.82. The lowest BCUT2D eigenvalue weighted by molar-refractivity contribution is -0.0446. The van der Waals surface area contributed by atoms with Gasteiger partial charge in [0.2, 0.25) is 0 Å². The van der Waals surface area contributed by atoms with Crippen LogP contribution in [-0.4, -0.2) is 35.5 Å². The summed E-state index contributed by atoms with van der Waals surface area (Å²) < 4.78 is 25.0. The number of aromatic nitrogens is 2. The molecular weight excluding hydrogens is 229 g/mol. The normalized spacial score (nSPS) is 28.5. The Hall–Kier alpha value is -1.47. The molecule has 1 saturated heterocycles. The summed E-state index contributed by atoms with van der Waals surface area (Å²) in [6, 6.07) is 1.47. The number of nitrogen functional groups attached to an aromatic ring is 1. The molecule has 1 aliphatic heterocycles. The van der Waals surface area contributed by atoms with E-state index in [1.54, 1.807) is 0 Å². The van der Waals surface area contributed by atoms with Crippen molar-refractivity contribution >= 4 is 5.82 Å². The van der Waals surface area contributed by atoms with Crippen LogP contribution in [0, 0.1) is 0 Å². The van der Waals surface area contributed by atoms with Crippen LogP contribution in [0.1, 0.15) is 12.6 Å². The fourth-order valence-corrected chi connectivity index (χ4v) is 1.82. The van der Waals surface area contributed by atoms with Crippen molar-refractivity contribution in [1.29, 1.82) is 0 Å². The van der Waals surface area contributed by atoms with Crippen LogP contribution >= 0.6 is 0 Å². The van der Waals surface area contributed by atoms with Gasteiger partial charge in [0.1, 0.15) is 24.3 Å². The number of nitrogens with zero attached hydrogens (tertiary/aromatic N) is 2. The van der Waals surface area contributed by atoms with Gasteiger partial charge in [0, 0.05) is 19.7 Å². The zero-order chi connectivity index (χ0) is 12.4. The molecule has 0 bridgehead atoms. The van der Waals surface area contributed by atoms with Gasteiger partial charge in [0.25, 0.3) is 0 Å². The third-order valence-corrected chi connectivity index (χ3v) is 2.65. The summed E-state index contributed by atoms with van der Waals surface area (Å²) in [5.74, 6) is 0.134. The molecule has 1 aliphatic rings. The Morgan fingerprint density at radius 3 is 3.18 bits per heavy atom. The molecule has 2 heterocycles. The number of hydrogen-bond donors (Lipinski definition) is 1. The molecule has 17 heavy (non-hydrogen) atoms. The van der Waals surface area contributed by atoms with E-state index in [2.05, 4.69) is 4.98 Å². The molecule has 94 valence electrons. The predicted octanol–water partition coefficient (Wildman–Crippen LogP) is 0.0975. The molecular formula is C10H14FN3O3. The molecule has 1 aromatic heterocycles. The van der Waals surface area contributed by atoms with E-state index < -0.39 is 24.2 Å². The molecule has 2 N–H and O–H groups in total. The van der Waals surface area contributed by atoms with E-state index in [4.69, 9.17) is 15.2 Å². The highest BCUT2D eigenvalue weighted by Gasteiger charge is 2.36. The van der Waals surface area contributed by atoms with E-state index in [1.807, 2.05) is 0 Å². The lowest BCUT2D eigenvalue weighted by Crippen LogP contribution is -2.28. The van der Waals surface area contributed by atoms with Gasteiger partial charge in [-0.15, -0.1) is 0 Å². The molecule has 1 fully saturated rings. The summed E-state index contributed by atoms with van der Waals surface area (Å²) >= 11 is 0. The van der Waals surface area contributed by atoms with Crippen LogP contribution in [-0.2, 0) is 9.47 Å². The Bertz CT molecular complexity index is 451. The number of nitrogens with two attached hydrogens (primary N) is 1. The van der Waals surface area contributed by atoms with Gasteiger partial charge in [-0.3, -0.25) is 4.57 Å². The average Bonchev–Trinajstić information content (AvgIpc) is 2.60. The van der Waals surface area contributed by atoms with Gasteiger partial charge >= 0.3 is 5.69 Å². The zero-order valence-electron chi connectivity index (χ0n) is 9.38. The standard InChI is InChI=1S/C10H14FN3O3/c1-16-5-7-6(11)4-9(17-7)14-3-2-8(12)13-10(14)15/h2-3,6-7,9H,4-5H2,1H3,(H2,12,13,15)/t6-,7+,9+/m0/s1. The van der Waals surface area contributed by atoms with E-state index in [-0.39, 0.29) is 18.8 Å². The number of halogens is 1. The van der Waals surface area contributed by atoms with Gasteiger partial charge < -0.3 is 15.2 Å². The Labute approximate surface area is 97.2 Å². The molecule has 0 aliphatic carbocycles. The van der Waals surface area contributed by atoms with E-state index in [1.165, 1.54) is 23.9 Å². The van der Waals surface area contributed by atoms with Crippen LogP contribution in [0.5, 0.6) is 0 Å². The van der Waals surface area contributed by atoms with Crippen molar-refractivity contribution in [1.82, 2.24) is 9.55 Å². The molecule has 3 atom stereocenters. The minimum absolute atomic E-state index is 0.111. The highest BCUT2D eigenvalue weighted by atomic mass is 19.1. The van der Waals surface area contributed by atoms with Crippen molar-refractivity contribution in [2.75, 3.05) is 19.5 Å². The van der Waals surface area contributed by atoms with Gasteiger partial charge in [-0.25, -0.2) is 9.18 Å².